The maximum absolute atomic E-state index is 12.5. The predicted molar refractivity (Wildman–Crippen MR) is 171 cm³/mol. The Hall–Kier alpha value is -2.85. The van der Waals surface area contributed by atoms with Gasteiger partial charge in [0, 0.05) is 23.4 Å². The third-order valence-electron chi connectivity index (χ3n) is 10.0. The summed E-state index contributed by atoms with van der Waals surface area (Å²) in [6, 6.07) is 8.99. The van der Waals surface area contributed by atoms with E-state index in [0.717, 1.165) is 24.0 Å². The molecule has 10 unspecified atom stereocenters. The van der Waals surface area contributed by atoms with Crippen LogP contribution in [-0.4, -0.2) is 118 Å². The minimum atomic E-state index is -1.58. The smallest absolute Gasteiger partial charge is 0.321 e. The molecule has 3 heterocycles. The molecular formula is C34H43ClN2O11. The summed E-state index contributed by atoms with van der Waals surface area (Å²) >= 11 is 6.88. The second kappa shape index (κ2) is 15.0. The number of aliphatic hydroxyl groups is 4. The summed E-state index contributed by atoms with van der Waals surface area (Å²) in [4.78, 5) is 24.3. The molecule has 10 atom stereocenters. The van der Waals surface area contributed by atoms with Crippen LogP contribution in [0.2, 0.25) is 5.02 Å². The van der Waals surface area contributed by atoms with Crippen molar-refractivity contribution < 1.29 is 54.4 Å². The highest BCUT2D eigenvalue weighted by atomic mass is 35.5. The zero-order valence-corrected chi connectivity index (χ0v) is 27.0. The van der Waals surface area contributed by atoms with Gasteiger partial charge in [-0.25, -0.2) is 0 Å². The molecule has 48 heavy (non-hydrogen) atoms. The highest BCUT2D eigenvalue weighted by Crippen LogP contribution is 2.45. The highest BCUT2D eigenvalue weighted by Gasteiger charge is 2.45. The fourth-order valence-electron chi connectivity index (χ4n) is 7.34. The van der Waals surface area contributed by atoms with Gasteiger partial charge in [-0.3, -0.25) is 9.59 Å². The number of hydrogen-bond donors (Lipinski definition) is 8. The van der Waals surface area contributed by atoms with Crippen LogP contribution in [0.5, 0.6) is 5.75 Å². The lowest BCUT2D eigenvalue weighted by molar-refractivity contribution is -0.231. The highest BCUT2D eigenvalue weighted by molar-refractivity contribution is 6.31. The Morgan fingerprint density at radius 3 is 2.44 bits per heavy atom. The van der Waals surface area contributed by atoms with Gasteiger partial charge in [-0.2, -0.15) is 0 Å². The Kier molecular flexibility index (Phi) is 10.9. The first kappa shape index (κ1) is 35.0. The zero-order chi connectivity index (χ0) is 34.1. The van der Waals surface area contributed by atoms with Crippen molar-refractivity contribution in [3.05, 3.63) is 63.7 Å². The molecule has 0 amide bonds. The average molecular weight is 691 g/mol. The Balaban J connectivity index is 1.40. The first-order valence-corrected chi connectivity index (χ1v) is 16.9. The molecule has 6 rings (SSSR count). The van der Waals surface area contributed by atoms with Crippen LogP contribution in [0.1, 0.15) is 65.9 Å². The van der Waals surface area contributed by atoms with Crippen LogP contribution >= 0.6 is 11.6 Å². The normalized spacial score (nSPS) is 32.6. The topological polar surface area (TPSA) is 207 Å². The van der Waals surface area contributed by atoms with E-state index < -0.39 is 73.0 Å². The van der Waals surface area contributed by atoms with E-state index in [1.165, 1.54) is 0 Å². The van der Waals surface area contributed by atoms with Gasteiger partial charge in [-0.05, 0) is 72.5 Å². The number of nitrogens with one attached hydrogen (secondary N) is 2. The van der Waals surface area contributed by atoms with E-state index in [1.54, 1.807) is 18.2 Å². The van der Waals surface area contributed by atoms with Crippen molar-refractivity contribution in [2.75, 3.05) is 32.9 Å². The van der Waals surface area contributed by atoms with Crippen LogP contribution in [0.4, 0.5) is 0 Å². The van der Waals surface area contributed by atoms with Gasteiger partial charge in [-0.1, -0.05) is 35.9 Å². The molecule has 13 nitrogen and oxygen atoms in total. The molecule has 8 N–H and O–H groups in total. The Morgan fingerprint density at radius 2 is 1.75 bits per heavy atom. The zero-order valence-electron chi connectivity index (χ0n) is 26.3. The number of carboxylic acid groups (broad SMARTS) is 2. The van der Waals surface area contributed by atoms with Gasteiger partial charge in [0.2, 0.25) is 0 Å². The number of rotatable bonds is 13. The molecule has 14 heteroatoms. The minimum absolute atomic E-state index is 0.195. The lowest BCUT2D eigenvalue weighted by Gasteiger charge is -2.40. The first-order chi connectivity index (χ1) is 23.1. The van der Waals surface area contributed by atoms with Crippen molar-refractivity contribution in [3.63, 3.8) is 0 Å². The van der Waals surface area contributed by atoms with Crippen molar-refractivity contribution in [3.8, 4) is 5.75 Å². The third-order valence-corrected chi connectivity index (χ3v) is 10.4. The van der Waals surface area contributed by atoms with Crippen LogP contribution in [0.15, 0.2) is 36.4 Å². The van der Waals surface area contributed by atoms with Crippen LogP contribution in [0.25, 0.3) is 0 Å². The van der Waals surface area contributed by atoms with Crippen molar-refractivity contribution in [1.82, 2.24) is 10.6 Å². The first-order valence-electron chi connectivity index (χ1n) is 16.5. The van der Waals surface area contributed by atoms with E-state index in [0.29, 0.717) is 61.0 Å². The summed E-state index contributed by atoms with van der Waals surface area (Å²) in [6.45, 7) is 1.03. The van der Waals surface area contributed by atoms with Crippen LogP contribution < -0.4 is 15.4 Å². The molecule has 2 aromatic rings. The molecule has 0 bridgehead atoms. The lowest BCUT2D eigenvalue weighted by atomic mass is 9.75. The van der Waals surface area contributed by atoms with Crippen molar-refractivity contribution in [1.29, 1.82) is 0 Å². The summed E-state index contributed by atoms with van der Waals surface area (Å²) in [5.74, 6) is -2.58. The number of ether oxygens (including phenoxy) is 3. The SMILES string of the molecule is O=C(O)C1CC(c2cc(C(c3cc(C4OC(CO)C(O)C(O)C4O)ccc3Cl)C3CCNC3C(=O)O)ccc2OCCOC2CC2)CN1. The van der Waals surface area contributed by atoms with Gasteiger partial charge >= 0.3 is 11.9 Å². The molecule has 262 valence electrons. The van der Waals surface area contributed by atoms with E-state index in [9.17, 15) is 40.2 Å². The molecule has 0 spiro atoms. The van der Waals surface area contributed by atoms with Gasteiger partial charge in [0.05, 0.1) is 19.3 Å². The molecule has 2 aromatic carbocycles. The quantitative estimate of drug-likeness (QED) is 0.139. The molecule has 0 aromatic heterocycles. The molecule has 4 fully saturated rings. The fraction of sp³-hybridized carbons (Fsp3) is 0.588. The molecule has 3 aliphatic heterocycles. The van der Waals surface area contributed by atoms with Crippen LogP contribution in [0.3, 0.4) is 0 Å². The van der Waals surface area contributed by atoms with Gasteiger partial charge in [-0.15, -0.1) is 0 Å². The molecule has 4 aliphatic rings. The van der Waals surface area contributed by atoms with Crippen molar-refractivity contribution in [2.45, 2.75) is 86.2 Å². The lowest BCUT2D eigenvalue weighted by Crippen LogP contribution is -2.55. The number of aliphatic carboxylic acids is 2. The monoisotopic (exact) mass is 690 g/mol. The number of halogens is 1. The number of aliphatic hydroxyl groups excluding tert-OH is 4. The maximum atomic E-state index is 12.5. The second-order valence-corrected chi connectivity index (χ2v) is 13.6. The number of carbonyl (C=O) groups is 2. The maximum Gasteiger partial charge on any atom is 0.321 e. The standard InChI is InChI=1S/C34H43ClN2O11/c35-23-5-1-17(32-31(41)30(40)29(39)26(15-38)48-32)12-22(23)27(20-7-8-36-28(20)34(44)45)16-2-6-25(47-10-9-46-19-3-4-19)21(11-16)18-13-24(33(42)43)37-14-18/h1-2,5-6,11-12,18-20,24,26-32,36-41H,3-4,7-10,13-15H2,(H,42,43)(H,44,45). The molecule has 1 saturated carbocycles. The van der Waals surface area contributed by atoms with Gasteiger partial charge in [0.25, 0.3) is 0 Å². The Labute approximate surface area is 282 Å². The third kappa shape index (κ3) is 7.35. The van der Waals surface area contributed by atoms with Crippen LogP contribution in [0, 0.1) is 5.92 Å². The van der Waals surface area contributed by atoms with Crippen molar-refractivity contribution in [2.24, 2.45) is 5.92 Å². The largest absolute Gasteiger partial charge is 0.491 e. The summed E-state index contributed by atoms with van der Waals surface area (Å²) in [5, 5.41) is 67.8. The summed E-state index contributed by atoms with van der Waals surface area (Å²) in [5.41, 5.74) is 2.53. The Bertz CT molecular complexity index is 1470. The summed E-state index contributed by atoms with van der Waals surface area (Å²) < 4.78 is 17.8. The summed E-state index contributed by atoms with van der Waals surface area (Å²) in [7, 11) is 0. The number of hydrogen-bond acceptors (Lipinski definition) is 11. The van der Waals surface area contributed by atoms with Gasteiger partial charge < -0.3 is 55.5 Å². The minimum Gasteiger partial charge on any atom is -0.491 e. The fourth-order valence-corrected chi connectivity index (χ4v) is 7.57. The molecular weight excluding hydrogens is 648 g/mol. The van der Waals surface area contributed by atoms with Gasteiger partial charge in [0.1, 0.15) is 55.0 Å². The van der Waals surface area contributed by atoms with E-state index in [4.69, 9.17) is 25.8 Å². The second-order valence-electron chi connectivity index (χ2n) is 13.2. The van der Waals surface area contributed by atoms with Crippen molar-refractivity contribution >= 4 is 23.5 Å². The number of carboxylic acids is 2. The molecule has 3 saturated heterocycles. The molecule has 1 aliphatic carbocycles. The average Bonchev–Trinajstić information content (AvgIpc) is 3.53. The molecule has 0 radical (unpaired) electrons. The summed E-state index contributed by atoms with van der Waals surface area (Å²) in [6.07, 6.45) is -3.63. The van der Waals surface area contributed by atoms with E-state index in [1.807, 2.05) is 18.2 Å². The Morgan fingerprint density at radius 1 is 0.958 bits per heavy atom. The van der Waals surface area contributed by atoms with E-state index in [2.05, 4.69) is 10.6 Å². The number of benzene rings is 2. The van der Waals surface area contributed by atoms with Gasteiger partial charge in [0.15, 0.2) is 0 Å². The van der Waals surface area contributed by atoms with E-state index in [-0.39, 0.29) is 12.0 Å². The van der Waals surface area contributed by atoms with Crippen LogP contribution in [-0.2, 0) is 19.1 Å². The van der Waals surface area contributed by atoms with E-state index >= 15 is 0 Å². The predicted octanol–water partition coefficient (Wildman–Crippen LogP) is 1.14.